The molecule has 270 valence electrons. The van der Waals surface area contributed by atoms with Crippen LogP contribution >= 0.6 is 0 Å². The predicted octanol–water partition coefficient (Wildman–Crippen LogP) is 12.5. The summed E-state index contributed by atoms with van der Waals surface area (Å²) in [5.74, 6) is 0. The van der Waals surface area contributed by atoms with Crippen LogP contribution in [-0.2, 0) is 17.1 Å². The van der Waals surface area contributed by atoms with Gasteiger partial charge in [-0.2, -0.15) is 0 Å². The van der Waals surface area contributed by atoms with E-state index >= 15 is 0 Å². The summed E-state index contributed by atoms with van der Waals surface area (Å²) in [5.41, 5.74) is 26.2. The largest absolute Gasteiger partial charge is 2.00 e. The number of allylic oxidation sites excluding steroid dienone is 4. The van der Waals surface area contributed by atoms with Gasteiger partial charge in [-0.15, -0.1) is 13.3 Å². The van der Waals surface area contributed by atoms with E-state index < -0.39 is 0 Å². The van der Waals surface area contributed by atoms with E-state index in [1.54, 1.807) is 0 Å². The van der Waals surface area contributed by atoms with Gasteiger partial charge in [0, 0.05) is 45.5 Å². The van der Waals surface area contributed by atoms with Gasteiger partial charge in [0.05, 0.1) is 0 Å². The van der Waals surface area contributed by atoms with E-state index in [-0.39, 0.29) is 17.1 Å². The summed E-state index contributed by atoms with van der Waals surface area (Å²) in [4.78, 5) is 9.38. The maximum atomic E-state index is 2.35. The van der Waals surface area contributed by atoms with Crippen LogP contribution in [0.3, 0.4) is 0 Å². The molecule has 0 radical (unpaired) electrons. The average molecular weight is 723 g/mol. The van der Waals surface area contributed by atoms with Gasteiger partial charge in [0.2, 0.25) is 0 Å². The van der Waals surface area contributed by atoms with E-state index in [1.165, 1.54) is 112 Å². The van der Waals surface area contributed by atoms with Crippen molar-refractivity contribution in [1.82, 2.24) is 0 Å². The Labute approximate surface area is 320 Å². The van der Waals surface area contributed by atoms with Crippen molar-refractivity contribution in [3.63, 3.8) is 0 Å². The van der Waals surface area contributed by atoms with Crippen molar-refractivity contribution in [3.05, 3.63) is 151 Å². The van der Waals surface area contributed by atoms with Gasteiger partial charge in [0.25, 0.3) is 0 Å². The Morgan fingerprint density at radius 2 is 0.412 bits per heavy atom. The Balaban J connectivity index is 0.000000224. The fourth-order valence-electron chi connectivity index (χ4n) is 8.39. The number of benzene rings is 4. The molecule has 0 aliphatic carbocycles. The van der Waals surface area contributed by atoms with Crippen LogP contribution in [0.15, 0.2) is 71.3 Å². The van der Waals surface area contributed by atoms with Crippen LogP contribution < -0.4 is 19.6 Å². The van der Waals surface area contributed by atoms with Gasteiger partial charge in [-0.05, 0) is 155 Å². The van der Waals surface area contributed by atoms with Crippen molar-refractivity contribution in [3.8, 4) is 0 Å². The molecular formula is C46H58FeN4. The van der Waals surface area contributed by atoms with Crippen LogP contribution in [-0.4, -0.2) is 0 Å². The Hall–Kier alpha value is -3.92. The normalized spacial score (nSPS) is 14.4. The van der Waals surface area contributed by atoms with Gasteiger partial charge >= 0.3 is 17.1 Å². The van der Waals surface area contributed by atoms with Crippen molar-refractivity contribution >= 4 is 22.7 Å². The standard InChI is InChI=1S/2C23H29N2.Fe/c2*1-14-9-16(3)22(17(4)10-14)24-13-25(21(8)20(24)7)23-18(5)11-15(2)12-19(23)6;/h2*9-13H,1-8H3;/q2*-1;+2. The molecule has 0 saturated carbocycles. The zero-order valence-electron chi connectivity index (χ0n) is 33.9. The van der Waals surface area contributed by atoms with E-state index in [0.717, 1.165) is 0 Å². The number of nitrogens with zero attached hydrogens (tertiary/aromatic N) is 4. The van der Waals surface area contributed by atoms with Crippen LogP contribution in [0.2, 0.25) is 0 Å². The second-order valence-corrected chi connectivity index (χ2v) is 15.0. The first-order chi connectivity index (χ1) is 23.4. The molecule has 0 fully saturated rings. The smallest absolute Gasteiger partial charge is 0.477 e. The van der Waals surface area contributed by atoms with Crippen molar-refractivity contribution in [2.24, 2.45) is 0 Å². The Morgan fingerprint density at radius 3 is 0.549 bits per heavy atom. The van der Waals surface area contributed by atoms with Gasteiger partial charge in [-0.3, -0.25) is 0 Å². The van der Waals surface area contributed by atoms with Crippen LogP contribution in [0.25, 0.3) is 0 Å². The quantitative estimate of drug-likeness (QED) is 0.154. The van der Waals surface area contributed by atoms with Crippen LogP contribution in [0.4, 0.5) is 22.7 Å². The summed E-state index contributed by atoms with van der Waals surface area (Å²) >= 11 is 0. The number of rotatable bonds is 4. The first-order valence-corrected chi connectivity index (χ1v) is 17.9. The van der Waals surface area contributed by atoms with E-state index in [4.69, 9.17) is 0 Å². The molecule has 0 aromatic heterocycles. The fraction of sp³-hybridized carbons (Fsp3) is 0.348. The molecule has 0 N–H and O–H groups in total. The van der Waals surface area contributed by atoms with Gasteiger partial charge in [0.1, 0.15) is 0 Å². The maximum absolute atomic E-state index is 2.35. The Morgan fingerprint density at radius 1 is 0.275 bits per heavy atom. The molecule has 0 bridgehead atoms. The van der Waals surface area contributed by atoms with Crippen LogP contribution in [0.1, 0.15) is 94.5 Å². The Kier molecular flexibility index (Phi) is 12.0. The summed E-state index contributed by atoms with van der Waals surface area (Å²) in [5, 5.41) is 0. The Bertz CT molecular complexity index is 1670. The molecule has 0 unspecified atom stereocenters. The van der Waals surface area contributed by atoms with Crippen molar-refractivity contribution in [1.29, 1.82) is 0 Å². The second kappa shape index (κ2) is 15.4. The minimum Gasteiger partial charge on any atom is -0.477 e. The van der Waals surface area contributed by atoms with Gasteiger partial charge in [-0.25, -0.2) is 0 Å². The van der Waals surface area contributed by atoms with Crippen molar-refractivity contribution < 1.29 is 17.1 Å². The topological polar surface area (TPSA) is 13.0 Å². The molecule has 2 aliphatic heterocycles. The van der Waals surface area contributed by atoms with E-state index in [1.807, 2.05) is 0 Å². The third-order valence-corrected chi connectivity index (χ3v) is 10.5. The first kappa shape index (κ1) is 39.9. The third-order valence-electron chi connectivity index (χ3n) is 10.5. The predicted molar refractivity (Wildman–Crippen MR) is 218 cm³/mol. The zero-order valence-corrected chi connectivity index (χ0v) is 35.0. The molecule has 0 spiro atoms. The van der Waals surface area contributed by atoms with Gasteiger partial charge in [-0.1, -0.05) is 70.8 Å². The molecule has 4 nitrogen and oxygen atoms in total. The van der Waals surface area contributed by atoms with Crippen molar-refractivity contribution in [2.45, 2.75) is 111 Å². The molecule has 5 heteroatoms. The summed E-state index contributed by atoms with van der Waals surface area (Å²) in [6, 6.07) is 18.1. The number of aryl methyl sites for hydroxylation is 12. The molecule has 51 heavy (non-hydrogen) atoms. The van der Waals surface area contributed by atoms with E-state index in [0.29, 0.717) is 0 Å². The monoisotopic (exact) mass is 722 g/mol. The van der Waals surface area contributed by atoms with Crippen LogP contribution in [0, 0.1) is 96.4 Å². The number of hydrogen-bond acceptors (Lipinski definition) is 4. The first-order valence-electron chi connectivity index (χ1n) is 17.9. The summed E-state index contributed by atoms with van der Waals surface area (Å²) in [6.07, 6.45) is 0. The van der Waals surface area contributed by atoms with E-state index in [9.17, 15) is 0 Å². The number of hydrogen-bond donors (Lipinski definition) is 0. The summed E-state index contributed by atoms with van der Waals surface area (Å²) < 4.78 is 0. The molecule has 0 saturated heterocycles. The SMILES string of the molecule is CC1=C(C)N(c2c(C)cc(C)cc2C)[CH-]N1c1c(C)cc(C)cc1C.CC1=C(C)N(c2c(C)cc(C)cc2C)[CH-]N1c1c(C)cc(C)cc1C.[Fe+2]. The fourth-order valence-corrected chi connectivity index (χ4v) is 8.39. The number of anilines is 4. The molecule has 2 aliphatic rings. The molecule has 4 aromatic rings. The minimum absolute atomic E-state index is 0. The molecule has 0 atom stereocenters. The summed E-state index contributed by atoms with van der Waals surface area (Å²) in [6.45, 7) is 39.6. The van der Waals surface area contributed by atoms with Crippen molar-refractivity contribution in [2.75, 3.05) is 19.6 Å². The second-order valence-electron chi connectivity index (χ2n) is 15.0. The molecular weight excluding hydrogens is 664 g/mol. The molecule has 2 heterocycles. The van der Waals surface area contributed by atoms with Gasteiger partial charge < -0.3 is 19.6 Å². The zero-order chi connectivity index (χ0) is 36.9. The van der Waals surface area contributed by atoms with E-state index in [2.05, 4.69) is 192 Å². The average Bonchev–Trinajstić information content (AvgIpc) is 3.42. The molecule has 0 amide bonds. The molecule has 4 aromatic carbocycles. The van der Waals surface area contributed by atoms with Gasteiger partial charge in [0.15, 0.2) is 0 Å². The summed E-state index contributed by atoms with van der Waals surface area (Å²) in [7, 11) is 0. The minimum atomic E-state index is 0. The van der Waals surface area contributed by atoms with Crippen LogP contribution in [0.5, 0.6) is 0 Å². The maximum Gasteiger partial charge on any atom is 2.00 e. The third kappa shape index (κ3) is 7.66. The molecule has 6 rings (SSSR count).